The van der Waals surface area contributed by atoms with E-state index < -0.39 is 11.9 Å². The van der Waals surface area contributed by atoms with Gasteiger partial charge in [-0.15, -0.1) is 16.5 Å². The lowest BCUT2D eigenvalue weighted by atomic mass is 9.98. The summed E-state index contributed by atoms with van der Waals surface area (Å²) in [6, 6.07) is 7.36. The molecule has 3 N–H and O–H groups in total. The molecular weight excluding hydrogens is 329 g/mol. The second-order valence-corrected chi connectivity index (χ2v) is 5.85. The molecular formula is C13H13F3N6S. The van der Waals surface area contributed by atoms with Crippen molar-refractivity contribution in [1.29, 1.82) is 0 Å². The fourth-order valence-corrected chi connectivity index (χ4v) is 2.81. The van der Waals surface area contributed by atoms with Gasteiger partial charge in [-0.25, -0.2) is 10.5 Å². The molecule has 0 fully saturated rings. The summed E-state index contributed by atoms with van der Waals surface area (Å²) in [6.45, 7) is 2.00. The molecule has 0 spiro atoms. The van der Waals surface area contributed by atoms with E-state index in [0.717, 1.165) is 22.3 Å². The Labute approximate surface area is 133 Å². The number of anilines is 2. The molecule has 3 rings (SSSR count). The predicted molar refractivity (Wildman–Crippen MR) is 80.2 cm³/mol. The molecule has 122 valence electrons. The summed E-state index contributed by atoms with van der Waals surface area (Å²) >= 11 is 0.914. The Bertz CT molecular complexity index is 696. The molecule has 0 saturated carbocycles. The van der Waals surface area contributed by atoms with Crippen molar-refractivity contribution >= 4 is 22.2 Å². The number of rotatable bonds is 4. The fourth-order valence-electron chi connectivity index (χ4n) is 2.08. The smallest absolute Gasteiger partial charge is 0.332 e. The van der Waals surface area contributed by atoms with Gasteiger partial charge in [0.05, 0.1) is 0 Å². The molecule has 0 aliphatic carbocycles. The van der Waals surface area contributed by atoms with E-state index in [2.05, 4.69) is 31.6 Å². The molecule has 23 heavy (non-hydrogen) atoms. The number of halogens is 3. The van der Waals surface area contributed by atoms with Crippen molar-refractivity contribution < 1.29 is 13.2 Å². The minimum atomic E-state index is -4.42. The van der Waals surface area contributed by atoms with Crippen molar-refractivity contribution in [3.63, 3.8) is 0 Å². The van der Waals surface area contributed by atoms with Crippen LogP contribution in [-0.2, 0) is 6.18 Å². The van der Waals surface area contributed by atoms with Crippen LogP contribution >= 0.6 is 11.3 Å². The van der Waals surface area contributed by atoms with E-state index in [4.69, 9.17) is 0 Å². The van der Waals surface area contributed by atoms with Gasteiger partial charge in [-0.1, -0.05) is 24.3 Å². The van der Waals surface area contributed by atoms with Crippen molar-refractivity contribution in [3.8, 4) is 0 Å². The van der Waals surface area contributed by atoms with Crippen LogP contribution in [0.2, 0.25) is 0 Å². The average Bonchev–Trinajstić information content (AvgIpc) is 3.18. The minimum Gasteiger partial charge on any atom is -0.332 e. The number of benzene rings is 1. The number of hydrogen-bond donors (Lipinski definition) is 3. The molecule has 2 heterocycles. The molecule has 1 aliphatic heterocycles. The van der Waals surface area contributed by atoms with E-state index >= 15 is 0 Å². The molecule has 1 aliphatic rings. The number of hydrazine groups is 1. The third-order valence-corrected chi connectivity index (χ3v) is 4.16. The topological polar surface area (TPSA) is 73.7 Å². The van der Waals surface area contributed by atoms with Crippen LogP contribution in [-0.4, -0.2) is 11.1 Å². The molecule has 0 saturated heterocycles. The zero-order valence-electron chi connectivity index (χ0n) is 11.9. The van der Waals surface area contributed by atoms with Crippen molar-refractivity contribution in [2.24, 2.45) is 10.3 Å². The highest BCUT2D eigenvalue weighted by Crippen LogP contribution is 2.33. The van der Waals surface area contributed by atoms with Gasteiger partial charge in [0, 0.05) is 17.0 Å². The van der Waals surface area contributed by atoms with E-state index in [1.165, 1.54) is 0 Å². The van der Waals surface area contributed by atoms with Crippen LogP contribution in [0, 0.1) is 0 Å². The number of nitrogens with one attached hydrogen (secondary N) is 3. The number of thiazole rings is 1. The third-order valence-electron chi connectivity index (χ3n) is 3.40. The molecule has 0 bridgehead atoms. The van der Waals surface area contributed by atoms with Gasteiger partial charge in [0.25, 0.3) is 0 Å². The van der Waals surface area contributed by atoms with Gasteiger partial charge in [0.2, 0.25) is 0 Å². The van der Waals surface area contributed by atoms with Crippen molar-refractivity contribution in [2.75, 3.05) is 5.32 Å². The van der Waals surface area contributed by atoms with Gasteiger partial charge in [-0.05, 0) is 17.7 Å². The highest BCUT2D eigenvalue weighted by Gasteiger charge is 2.33. The molecule has 1 aromatic heterocycles. The third kappa shape index (κ3) is 3.59. The first kappa shape index (κ1) is 15.7. The lowest BCUT2D eigenvalue weighted by Crippen LogP contribution is -2.33. The zero-order valence-corrected chi connectivity index (χ0v) is 12.7. The highest BCUT2D eigenvalue weighted by molar-refractivity contribution is 7.13. The summed E-state index contributed by atoms with van der Waals surface area (Å²) in [7, 11) is 0. The van der Waals surface area contributed by atoms with E-state index in [0.29, 0.717) is 5.69 Å². The maximum Gasteiger partial charge on any atom is 0.434 e. The van der Waals surface area contributed by atoms with Crippen molar-refractivity contribution in [2.45, 2.75) is 25.2 Å². The summed E-state index contributed by atoms with van der Waals surface area (Å²) in [5.74, 6) is 0.0968. The van der Waals surface area contributed by atoms with Crippen LogP contribution in [0.5, 0.6) is 0 Å². The Morgan fingerprint density at radius 3 is 2.57 bits per heavy atom. The Balaban J connectivity index is 1.67. The highest BCUT2D eigenvalue weighted by atomic mass is 32.1. The maximum absolute atomic E-state index is 12.5. The summed E-state index contributed by atoms with van der Waals surface area (Å²) in [4.78, 5) is 3.53. The number of aromatic nitrogens is 1. The van der Waals surface area contributed by atoms with Crippen LogP contribution in [0.25, 0.3) is 0 Å². The van der Waals surface area contributed by atoms with E-state index in [-0.39, 0.29) is 17.2 Å². The average molecular weight is 342 g/mol. The molecule has 0 amide bonds. The number of alkyl halides is 3. The second-order valence-electron chi connectivity index (χ2n) is 4.99. The largest absolute Gasteiger partial charge is 0.434 e. The molecule has 1 unspecified atom stereocenters. The molecule has 1 aromatic carbocycles. The van der Waals surface area contributed by atoms with Gasteiger partial charge in [-0.2, -0.15) is 18.6 Å². The molecule has 10 heteroatoms. The molecule has 2 aromatic rings. The number of nitrogens with zero attached hydrogens (tertiary/aromatic N) is 3. The van der Waals surface area contributed by atoms with Crippen LogP contribution < -0.4 is 16.3 Å². The lowest BCUT2D eigenvalue weighted by Gasteiger charge is -2.16. The first-order chi connectivity index (χ1) is 10.9. The van der Waals surface area contributed by atoms with Crippen molar-refractivity contribution in [3.05, 3.63) is 40.9 Å². The Morgan fingerprint density at radius 2 is 2.00 bits per heavy atom. The fraction of sp³-hybridized carbons (Fsp3) is 0.308. The first-order valence-corrected chi connectivity index (χ1v) is 7.61. The summed E-state index contributed by atoms with van der Waals surface area (Å²) in [5.41, 5.74) is 6.31. The van der Waals surface area contributed by atoms with Crippen LogP contribution in [0.15, 0.2) is 40.0 Å². The van der Waals surface area contributed by atoms with E-state index in [1.807, 2.05) is 19.1 Å². The van der Waals surface area contributed by atoms with E-state index in [9.17, 15) is 13.2 Å². The van der Waals surface area contributed by atoms with Gasteiger partial charge >= 0.3 is 6.18 Å². The van der Waals surface area contributed by atoms with E-state index in [1.54, 1.807) is 12.1 Å². The Kier molecular flexibility index (Phi) is 4.18. The quantitative estimate of drug-likeness (QED) is 0.790. The second kappa shape index (κ2) is 6.13. The summed E-state index contributed by atoms with van der Waals surface area (Å²) in [5, 5.41) is 11.7. The first-order valence-electron chi connectivity index (χ1n) is 6.73. The summed E-state index contributed by atoms with van der Waals surface area (Å²) < 4.78 is 37.6. The summed E-state index contributed by atoms with van der Waals surface area (Å²) in [6.07, 6.45) is -4.57. The lowest BCUT2D eigenvalue weighted by molar-refractivity contribution is -0.140. The number of hydrogen-bond acceptors (Lipinski definition) is 7. The molecule has 2 atom stereocenters. The minimum absolute atomic E-state index is 0.0968. The SMILES string of the molecule is C[C@H](c1ccc(Nc2nc(C(F)(F)F)cs2)cc1)C1N=NNN1. The molecule has 6 nitrogen and oxygen atoms in total. The van der Waals surface area contributed by atoms with Gasteiger partial charge in [0.1, 0.15) is 6.17 Å². The normalized spacial score (nSPS) is 18.7. The zero-order chi connectivity index (χ0) is 16.4. The van der Waals surface area contributed by atoms with Gasteiger partial charge in [-0.3, -0.25) is 0 Å². The van der Waals surface area contributed by atoms with Crippen LogP contribution in [0.4, 0.5) is 24.0 Å². The van der Waals surface area contributed by atoms with Gasteiger partial charge < -0.3 is 5.32 Å². The standard InChI is InChI=1S/C13H13F3N6S/c1-7(11-19-21-22-20-11)8-2-4-9(5-3-8)17-12-18-10(6-23-12)13(14,15)16/h2-7,11H,1H3,(H,17,18)(H,19,22)(H,20,21)/t7-/m1/s1. The van der Waals surface area contributed by atoms with Crippen molar-refractivity contribution in [1.82, 2.24) is 15.9 Å². The van der Waals surface area contributed by atoms with Gasteiger partial charge in [0.15, 0.2) is 10.8 Å². The Hall–Kier alpha value is -2.20. The Morgan fingerprint density at radius 1 is 1.26 bits per heavy atom. The predicted octanol–water partition coefficient (Wildman–Crippen LogP) is 3.81. The van der Waals surface area contributed by atoms with Crippen LogP contribution in [0.3, 0.4) is 0 Å². The van der Waals surface area contributed by atoms with Crippen LogP contribution in [0.1, 0.15) is 24.1 Å². The monoisotopic (exact) mass is 342 g/mol. The molecule has 0 radical (unpaired) electrons. The maximum atomic E-state index is 12.5.